The number of halogens is 1. The van der Waals surface area contributed by atoms with Gasteiger partial charge < -0.3 is 5.11 Å². The molecule has 0 saturated heterocycles. The Bertz CT molecular complexity index is 509. The van der Waals surface area contributed by atoms with E-state index < -0.39 is 11.6 Å². The Morgan fingerprint density at radius 1 is 1.44 bits per heavy atom. The second-order valence-electron chi connectivity index (χ2n) is 2.91. The number of hydrazone groups is 1. The number of phenolic OH excluding ortho intramolecular Hbond substituents is 1. The first-order valence-electron chi connectivity index (χ1n) is 4.21. The molecule has 1 aromatic rings. The average Bonchev–Trinajstić information content (AvgIpc) is 2.26. The summed E-state index contributed by atoms with van der Waals surface area (Å²) in [6.45, 7) is 1.60. The van der Waals surface area contributed by atoms with Crippen LogP contribution < -0.4 is 5.43 Å². The lowest BCUT2D eigenvalue weighted by Crippen LogP contribution is -1.98. The van der Waals surface area contributed by atoms with Crippen molar-refractivity contribution >= 4 is 11.4 Å². The standard InChI is InChI=1S/C10H7FN4O/c1-6-2-8(11)10(16)3-9(6)15-14-7(4-12)5-13/h2-3,15-16H,1H3. The van der Waals surface area contributed by atoms with Gasteiger partial charge in [-0.15, -0.1) is 0 Å². The molecule has 0 unspecified atom stereocenters. The fourth-order valence-electron chi connectivity index (χ4n) is 0.973. The quantitative estimate of drug-likeness (QED) is 0.583. The molecule has 0 amide bonds. The van der Waals surface area contributed by atoms with Gasteiger partial charge in [-0.3, -0.25) is 5.43 Å². The predicted molar refractivity (Wildman–Crippen MR) is 55.1 cm³/mol. The van der Waals surface area contributed by atoms with Gasteiger partial charge in [0.15, 0.2) is 11.6 Å². The van der Waals surface area contributed by atoms with Crippen LogP contribution in [0.15, 0.2) is 17.2 Å². The molecule has 2 N–H and O–H groups in total. The molecule has 0 aliphatic heterocycles. The summed E-state index contributed by atoms with van der Waals surface area (Å²) >= 11 is 0. The molecule has 0 spiro atoms. The number of anilines is 1. The topological polar surface area (TPSA) is 92.2 Å². The normalized spacial score (nSPS) is 8.75. The number of nitrogens with zero attached hydrogens (tertiary/aromatic N) is 3. The third kappa shape index (κ3) is 2.46. The van der Waals surface area contributed by atoms with Crippen LogP contribution in [0.2, 0.25) is 0 Å². The van der Waals surface area contributed by atoms with Crippen molar-refractivity contribution in [2.75, 3.05) is 5.43 Å². The van der Waals surface area contributed by atoms with Gasteiger partial charge >= 0.3 is 0 Å². The van der Waals surface area contributed by atoms with Crippen molar-refractivity contribution in [2.45, 2.75) is 6.92 Å². The molecular weight excluding hydrogens is 211 g/mol. The van der Waals surface area contributed by atoms with Gasteiger partial charge in [-0.25, -0.2) is 4.39 Å². The number of nitriles is 2. The summed E-state index contributed by atoms with van der Waals surface area (Å²) in [5.74, 6) is -1.27. The summed E-state index contributed by atoms with van der Waals surface area (Å²) in [5.41, 5.74) is 2.86. The molecule has 0 bridgehead atoms. The van der Waals surface area contributed by atoms with Crippen LogP contribution in [0.3, 0.4) is 0 Å². The van der Waals surface area contributed by atoms with Gasteiger partial charge in [0.2, 0.25) is 5.71 Å². The molecule has 0 fully saturated rings. The van der Waals surface area contributed by atoms with E-state index in [0.717, 1.165) is 12.1 Å². The number of aryl methyl sites for hydroxylation is 1. The molecule has 0 heterocycles. The Balaban J connectivity index is 3.01. The highest BCUT2D eigenvalue weighted by Gasteiger charge is 2.05. The molecule has 0 aromatic heterocycles. The highest BCUT2D eigenvalue weighted by Crippen LogP contribution is 2.24. The number of benzene rings is 1. The van der Waals surface area contributed by atoms with Crippen molar-refractivity contribution in [1.82, 2.24) is 0 Å². The Hall–Kier alpha value is -2.60. The summed E-state index contributed by atoms with van der Waals surface area (Å²) in [7, 11) is 0. The lowest BCUT2D eigenvalue weighted by molar-refractivity contribution is 0.432. The van der Waals surface area contributed by atoms with Crippen molar-refractivity contribution in [2.24, 2.45) is 5.10 Å². The maximum Gasteiger partial charge on any atom is 0.237 e. The second-order valence-corrected chi connectivity index (χ2v) is 2.91. The van der Waals surface area contributed by atoms with Crippen molar-refractivity contribution in [3.63, 3.8) is 0 Å². The van der Waals surface area contributed by atoms with Gasteiger partial charge in [-0.05, 0) is 18.6 Å². The molecule has 0 radical (unpaired) electrons. The minimum atomic E-state index is -0.743. The Labute approximate surface area is 91.1 Å². The molecule has 1 aromatic carbocycles. The number of rotatable bonds is 2. The molecule has 0 aliphatic carbocycles. The van der Waals surface area contributed by atoms with Crippen LogP contribution >= 0.6 is 0 Å². The van der Waals surface area contributed by atoms with E-state index in [-0.39, 0.29) is 5.71 Å². The molecular formula is C10H7FN4O. The summed E-state index contributed by atoms with van der Waals surface area (Å²) in [5, 5.41) is 29.4. The molecule has 0 saturated carbocycles. The van der Waals surface area contributed by atoms with E-state index in [2.05, 4.69) is 10.5 Å². The maximum atomic E-state index is 12.9. The number of phenols is 1. The van der Waals surface area contributed by atoms with E-state index in [1.165, 1.54) is 0 Å². The second kappa shape index (κ2) is 4.76. The van der Waals surface area contributed by atoms with Crippen LogP contribution in [0.4, 0.5) is 10.1 Å². The smallest absolute Gasteiger partial charge is 0.237 e. The van der Waals surface area contributed by atoms with Crippen LogP contribution in [0.25, 0.3) is 0 Å². The number of hydrogen-bond donors (Lipinski definition) is 2. The van der Waals surface area contributed by atoms with Gasteiger partial charge in [0.25, 0.3) is 0 Å². The lowest BCUT2D eigenvalue weighted by atomic mass is 10.2. The SMILES string of the molecule is Cc1cc(F)c(O)cc1NN=C(C#N)C#N. The summed E-state index contributed by atoms with van der Waals surface area (Å²) < 4.78 is 12.9. The zero-order valence-corrected chi connectivity index (χ0v) is 8.32. The first-order valence-corrected chi connectivity index (χ1v) is 4.21. The predicted octanol–water partition coefficient (Wildman–Crippen LogP) is 1.65. The third-order valence-electron chi connectivity index (χ3n) is 1.79. The molecule has 1 rings (SSSR count). The van der Waals surface area contributed by atoms with Crippen LogP contribution in [0, 0.1) is 35.4 Å². The zero-order valence-electron chi connectivity index (χ0n) is 8.32. The van der Waals surface area contributed by atoms with E-state index in [1.807, 2.05) is 0 Å². The minimum absolute atomic E-state index is 0.321. The van der Waals surface area contributed by atoms with E-state index >= 15 is 0 Å². The lowest BCUT2D eigenvalue weighted by Gasteiger charge is -2.05. The van der Waals surface area contributed by atoms with Gasteiger partial charge in [-0.1, -0.05) is 0 Å². The Kier molecular flexibility index (Phi) is 3.41. The monoisotopic (exact) mass is 218 g/mol. The highest BCUT2D eigenvalue weighted by molar-refractivity contribution is 6.10. The van der Waals surface area contributed by atoms with E-state index in [4.69, 9.17) is 15.6 Å². The van der Waals surface area contributed by atoms with Crippen LogP contribution in [-0.4, -0.2) is 10.8 Å². The van der Waals surface area contributed by atoms with E-state index in [9.17, 15) is 4.39 Å². The maximum absolute atomic E-state index is 12.9. The van der Waals surface area contributed by atoms with Gasteiger partial charge in [-0.2, -0.15) is 15.6 Å². The zero-order chi connectivity index (χ0) is 12.1. The molecule has 5 nitrogen and oxygen atoms in total. The van der Waals surface area contributed by atoms with Crippen molar-refractivity contribution in [3.05, 3.63) is 23.5 Å². The fraction of sp³-hybridized carbons (Fsp3) is 0.100. The molecule has 6 heteroatoms. The fourth-order valence-corrected chi connectivity index (χ4v) is 0.973. The minimum Gasteiger partial charge on any atom is -0.505 e. The Morgan fingerprint density at radius 2 is 2.06 bits per heavy atom. The van der Waals surface area contributed by atoms with Gasteiger partial charge in [0.1, 0.15) is 12.1 Å². The Morgan fingerprint density at radius 3 is 2.62 bits per heavy atom. The van der Waals surface area contributed by atoms with Crippen molar-refractivity contribution < 1.29 is 9.50 Å². The average molecular weight is 218 g/mol. The van der Waals surface area contributed by atoms with Crippen LogP contribution in [0.1, 0.15) is 5.56 Å². The van der Waals surface area contributed by atoms with Gasteiger partial charge in [0.05, 0.1) is 5.69 Å². The molecule has 16 heavy (non-hydrogen) atoms. The summed E-state index contributed by atoms with van der Waals surface area (Å²) in [6, 6.07) is 5.36. The number of hydrogen-bond acceptors (Lipinski definition) is 5. The largest absolute Gasteiger partial charge is 0.505 e. The molecule has 80 valence electrons. The van der Waals surface area contributed by atoms with E-state index in [0.29, 0.717) is 11.3 Å². The number of aromatic hydroxyl groups is 1. The van der Waals surface area contributed by atoms with Gasteiger partial charge in [0, 0.05) is 6.07 Å². The van der Waals surface area contributed by atoms with E-state index in [1.54, 1.807) is 19.1 Å². The van der Waals surface area contributed by atoms with Crippen molar-refractivity contribution in [3.8, 4) is 17.9 Å². The molecule has 0 aliphatic rings. The highest BCUT2D eigenvalue weighted by atomic mass is 19.1. The molecule has 0 atom stereocenters. The first kappa shape index (κ1) is 11.5. The third-order valence-corrected chi connectivity index (χ3v) is 1.79. The van der Waals surface area contributed by atoms with Crippen LogP contribution in [0.5, 0.6) is 5.75 Å². The summed E-state index contributed by atoms with van der Waals surface area (Å²) in [4.78, 5) is 0. The summed E-state index contributed by atoms with van der Waals surface area (Å²) in [6.07, 6.45) is 0. The van der Waals surface area contributed by atoms with Crippen molar-refractivity contribution in [1.29, 1.82) is 10.5 Å². The number of nitrogens with one attached hydrogen (secondary N) is 1. The first-order chi connectivity index (χ1) is 7.58. The van der Waals surface area contributed by atoms with Crippen LogP contribution in [-0.2, 0) is 0 Å².